The molecule has 0 aliphatic carbocycles. The Kier molecular flexibility index (Phi) is 47.3. The molecule has 0 N–H and O–H groups in total. The molecule has 0 aromatic rings. The van der Waals surface area contributed by atoms with Gasteiger partial charge in [-0.2, -0.15) is 0 Å². The maximum absolute atomic E-state index is 12.8. The first kappa shape index (κ1) is 57.6. The third-order valence-corrected chi connectivity index (χ3v) is 11.4. The molecule has 0 aliphatic rings. The summed E-state index contributed by atoms with van der Waals surface area (Å²) in [4.78, 5) is 37.8. The van der Waals surface area contributed by atoms with Crippen molar-refractivity contribution in [2.24, 2.45) is 0 Å². The van der Waals surface area contributed by atoms with E-state index in [4.69, 9.17) is 14.2 Å². The van der Waals surface area contributed by atoms with E-state index in [1.165, 1.54) is 154 Å². The molecule has 60 heavy (non-hydrogen) atoms. The molecule has 0 rings (SSSR count). The van der Waals surface area contributed by atoms with E-state index in [2.05, 4.69) is 57.2 Å². The molecule has 0 spiro atoms. The van der Waals surface area contributed by atoms with Gasteiger partial charge in [0.1, 0.15) is 13.2 Å². The molecule has 0 aromatic carbocycles. The molecule has 0 radical (unpaired) electrons. The van der Waals surface area contributed by atoms with Crippen LogP contribution in [0.3, 0.4) is 0 Å². The Labute approximate surface area is 372 Å². The third-order valence-electron chi connectivity index (χ3n) is 11.4. The van der Waals surface area contributed by atoms with Crippen LogP contribution in [0.25, 0.3) is 0 Å². The second kappa shape index (κ2) is 49.3. The third kappa shape index (κ3) is 46.7. The summed E-state index contributed by atoms with van der Waals surface area (Å²) < 4.78 is 16.7. The first-order chi connectivity index (χ1) is 29.5. The lowest BCUT2D eigenvalue weighted by Crippen LogP contribution is -2.30. The maximum atomic E-state index is 12.8. The van der Waals surface area contributed by atoms with Crippen LogP contribution < -0.4 is 0 Å². The summed E-state index contributed by atoms with van der Waals surface area (Å²) in [5.41, 5.74) is 0. The number of esters is 3. The van der Waals surface area contributed by atoms with Crippen molar-refractivity contribution >= 4 is 17.9 Å². The zero-order valence-electron chi connectivity index (χ0n) is 40.0. The van der Waals surface area contributed by atoms with Crippen LogP contribution >= 0.6 is 0 Å². The standard InChI is InChI=1S/C54H98O6/c1-4-7-10-13-16-19-21-23-25-26-27-29-30-32-35-38-41-44-47-53(56)59-50-51(49-58-52(55)46-43-40-37-34-18-15-12-9-6-3)60-54(57)48-45-42-39-36-33-31-28-24-22-20-17-14-11-8-5-2/h9,12,18,27,29,34,51H,4-8,10-11,13-17,19-26,28,30-33,35-50H2,1-3H3/b12-9-,29-27-,34-18-. The van der Waals surface area contributed by atoms with Crippen molar-refractivity contribution in [3.8, 4) is 0 Å². The quantitative estimate of drug-likeness (QED) is 0.0263. The summed E-state index contributed by atoms with van der Waals surface area (Å²) in [7, 11) is 0. The monoisotopic (exact) mass is 843 g/mol. The number of allylic oxidation sites excluding steroid dienone is 6. The fraction of sp³-hybridized carbons (Fsp3) is 0.833. The van der Waals surface area contributed by atoms with Crippen LogP contribution in [0.2, 0.25) is 0 Å². The second-order valence-electron chi connectivity index (χ2n) is 17.4. The molecule has 6 nitrogen and oxygen atoms in total. The molecule has 0 saturated carbocycles. The minimum Gasteiger partial charge on any atom is -0.462 e. The van der Waals surface area contributed by atoms with Gasteiger partial charge in [-0.05, 0) is 70.6 Å². The fourth-order valence-corrected chi connectivity index (χ4v) is 7.48. The summed E-state index contributed by atoms with van der Waals surface area (Å²) in [6.07, 6.45) is 57.2. The minimum atomic E-state index is -0.783. The molecule has 0 heterocycles. The molecule has 0 bridgehead atoms. The molecule has 1 unspecified atom stereocenters. The summed E-state index contributed by atoms with van der Waals surface area (Å²) >= 11 is 0. The Balaban J connectivity index is 4.30. The highest BCUT2D eigenvalue weighted by Gasteiger charge is 2.19. The minimum absolute atomic E-state index is 0.0840. The summed E-state index contributed by atoms with van der Waals surface area (Å²) in [6.45, 7) is 6.50. The van der Waals surface area contributed by atoms with E-state index < -0.39 is 6.10 Å². The Hall–Kier alpha value is -2.37. The van der Waals surface area contributed by atoms with Crippen LogP contribution in [0.15, 0.2) is 36.5 Å². The van der Waals surface area contributed by atoms with E-state index >= 15 is 0 Å². The zero-order valence-corrected chi connectivity index (χ0v) is 40.0. The molecule has 0 amide bonds. The Morgan fingerprint density at radius 2 is 0.650 bits per heavy atom. The normalized spacial score (nSPS) is 12.2. The Morgan fingerprint density at radius 3 is 1.05 bits per heavy atom. The van der Waals surface area contributed by atoms with Crippen LogP contribution in [-0.4, -0.2) is 37.2 Å². The second-order valence-corrected chi connectivity index (χ2v) is 17.4. The van der Waals surface area contributed by atoms with Crippen LogP contribution in [0.5, 0.6) is 0 Å². The van der Waals surface area contributed by atoms with Crippen LogP contribution in [-0.2, 0) is 28.6 Å². The highest BCUT2D eigenvalue weighted by molar-refractivity contribution is 5.71. The first-order valence-corrected chi connectivity index (χ1v) is 26.0. The van der Waals surface area contributed by atoms with Gasteiger partial charge in [-0.3, -0.25) is 14.4 Å². The van der Waals surface area contributed by atoms with Gasteiger partial charge in [0.2, 0.25) is 0 Å². The highest BCUT2D eigenvalue weighted by atomic mass is 16.6. The molecular weight excluding hydrogens is 745 g/mol. The SMILES string of the molecule is CC/C=C\C/C=C\CCCCC(=O)OCC(COC(=O)CCCCCCC/C=C\CCCCCCCCCCC)OC(=O)CCCCCCCCCCCCCCCCC. The average Bonchev–Trinajstić information content (AvgIpc) is 3.24. The fourth-order valence-electron chi connectivity index (χ4n) is 7.48. The lowest BCUT2D eigenvalue weighted by Gasteiger charge is -2.18. The van der Waals surface area contributed by atoms with Crippen LogP contribution in [0, 0.1) is 0 Å². The lowest BCUT2D eigenvalue weighted by atomic mass is 10.0. The van der Waals surface area contributed by atoms with E-state index in [-0.39, 0.29) is 31.1 Å². The van der Waals surface area contributed by atoms with Gasteiger partial charge >= 0.3 is 17.9 Å². The van der Waals surface area contributed by atoms with Gasteiger partial charge in [-0.25, -0.2) is 0 Å². The maximum Gasteiger partial charge on any atom is 0.306 e. The van der Waals surface area contributed by atoms with E-state index in [0.29, 0.717) is 19.3 Å². The summed E-state index contributed by atoms with van der Waals surface area (Å²) in [6, 6.07) is 0. The van der Waals surface area contributed by atoms with Gasteiger partial charge in [-0.1, -0.05) is 218 Å². The summed E-state index contributed by atoms with van der Waals surface area (Å²) in [5.74, 6) is -0.919. The topological polar surface area (TPSA) is 78.9 Å². The molecule has 6 heteroatoms. The largest absolute Gasteiger partial charge is 0.462 e. The van der Waals surface area contributed by atoms with Crippen molar-refractivity contribution in [2.75, 3.05) is 13.2 Å². The van der Waals surface area contributed by atoms with Gasteiger partial charge in [0.05, 0.1) is 0 Å². The van der Waals surface area contributed by atoms with Gasteiger partial charge in [0.25, 0.3) is 0 Å². The van der Waals surface area contributed by atoms with Crippen LogP contribution in [0.1, 0.15) is 271 Å². The smallest absolute Gasteiger partial charge is 0.306 e. The van der Waals surface area contributed by atoms with E-state index in [1.807, 2.05) is 0 Å². The van der Waals surface area contributed by atoms with Crippen molar-refractivity contribution in [3.63, 3.8) is 0 Å². The van der Waals surface area contributed by atoms with Gasteiger partial charge in [-0.15, -0.1) is 0 Å². The van der Waals surface area contributed by atoms with E-state index in [9.17, 15) is 14.4 Å². The van der Waals surface area contributed by atoms with E-state index in [1.54, 1.807) is 0 Å². The molecular formula is C54H98O6. The number of unbranched alkanes of at least 4 members (excludes halogenated alkanes) is 30. The number of ether oxygens (including phenoxy) is 3. The average molecular weight is 843 g/mol. The molecule has 0 saturated heterocycles. The van der Waals surface area contributed by atoms with Gasteiger partial charge in [0, 0.05) is 19.3 Å². The Bertz CT molecular complexity index is 1020. The molecule has 0 aromatic heterocycles. The Morgan fingerprint density at radius 1 is 0.350 bits per heavy atom. The number of hydrogen-bond donors (Lipinski definition) is 0. The molecule has 350 valence electrons. The predicted octanol–water partition coefficient (Wildman–Crippen LogP) is 16.9. The highest BCUT2D eigenvalue weighted by Crippen LogP contribution is 2.16. The number of hydrogen-bond acceptors (Lipinski definition) is 6. The van der Waals surface area contributed by atoms with Crippen molar-refractivity contribution in [1.29, 1.82) is 0 Å². The van der Waals surface area contributed by atoms with Crippen LogP contribution in [0.4, 0.5) is 0 Å². The summed E-state index contributed by atoms with van der Waals surface area (Å²) in [5, 5.41) is 0. The number of rotatable bonds is 47. The first-order valence-electron chi connectivity index (χ1n) is 26.0. The zero-order chi connectivity index (χ0) is 43.7. The predicted molar refractivity (Wildman–Crippen MR) is 256 cm³/mol. The van der Waals surface area contributed by atoms with Crippen molar-refractivity contribution in [1.82, 2.24) is 0 Å². The number of carbonyl (C=O) groups excluding carboxylic acids is 3. The van der Waals surface area contributed by atoms with Crippen molar-refractivity contribution in [2.45, 2.75) is 277 Å². The van der Waals surface area contributed by atoms with Gasteiger partial charge < -0.3 is 14.2 Å². The van der Waals surface area contributed by atoms with E-state index in [0.717, 1.165) is 77.0 Å². The molecule has 0 aliphatic heterocycles. The van der Waals surface area contributed by atoms with Crippen molar-refractivity contribution < 1.29 is 28.6 Å². The molecule has 1 atom stereocenters. The lowest BCUT2D eigenvalue weighted by molar-refractivity contribution is -0.167. The molecule has 0 fully saturated rings. The van der Waals surface area contributed by atoms with Crippen molar-refractivity contribution in [3.05, 3.63) is 36.5 Å². The number of carbonyl (C=O) groups is 3. The van der Waals surface area contributed by atoms with Gasteiger partial charge in [0.15, 0.2) is 6.10 Å².